The zero-order chi connectivity index (χ0) is 20.0. The van der Waals surface area contributed by atoms with Gasteiger partial charge in [0.15, 0.2) is 0 Å². The molecular weight excluding hydrogens is 362 g/mol. The third kappa shape index (κ3) is 7.01. The van der Waals surface area contributed by atoms with Gasteiger partial charge in [-0.1, -0.05) is 24.0 Å². The quantitative estimate of drug-likeness (QED) is 0.301. The minimum Gasteiger partial charge on any atom is -0.462 e. The van der Waals surface area contributed by atoms with Gasteiger partial charge in [-0.15, -0.1) is 0 Å². The van der Waals surface area contributed by atoms with Crippen molar-refractivity contribution in [2.45, 2.75) is 44.3 Å². The molecule has 0 amide bonds. The van der Waals surface area contributed by atoms with E-state index in [2.05, 4.69) is 4.74 Å². The van der Waals surface area contributed by atoms with Crippen LogP contribution in [0.3, 0.4) is 0 Å². The van der Waals surface area contributed by atoms with E-state index in [1.54, 1.807) is 24.3 Å². The Kier molecular flexibility index (Phi) is 7.59. The second-order valence-electron chi connectivity index (χ2n) is 5.66. The van der Waals surface area contributed by atoms with Gasteiger partial charge in [-0.3, -0.25) is 4.79 Å². The van der Waals surface area contributed by atoms with E-state index in [9.17, 15) is 31.5 Å². The van der Waals surface area contributed by atoms with Crippen molar-refractivity contribution in [1.29, 1.82) is 0 Å². The minimum atomic E-state index is -5.38. The van der Waals surface area contributed by atoms with Crippen molar-refractivity contribution >= 4 is 19.8 Å². The van der Waals surface area contributed by atoms with Crippen molar-refractivity contribution in [2.75, 3.05) is 6.61 Å². The molecule has 0 aliphatic heterocycles. The fourth-order valence-corrected chi connectivity index (χ4v) is 1.99. The van der Waals surface area contributed by atoms with Crippen LogP contribution in [0.1, 0.15) is 35.7 Å². The normalized spacial score (nSPS) is 13.2. The van der Waals surface area contributed by atoms with Crippen LogP contribution in [0.5, 0.6) is 0 Å². The number of hydrogen-bond donors (Lipinski definition) is 0. The highest BCUT2D eigenvalue weighted by atomic mass is 19.4. The summed E-state index contributed by atoms with van der Waals surface area (Å²) in [6.45, 7) is -0.243. The summed E-state index contributed by atoms with van der Waals surface area (Å²) < 4.78 is 72.0. The lowest BCUT2D eigenvalue weighted by molar-refractivity contribution is -0.273. The van der Waals surface area contributed by atoms with Gasteiger partial charge in [-0.25, -0.2) is 13.6 Å². The number of carbonyl (C=O) groups is 2. The predicted octanol–water partition coefficient (Wildman–Crippen LogP) is 2.89. The molecule has 0 aliphatic carbocycles. The van der Waals surface area contributed by atoms with Gasteiger partial charge in [0.2, 0.25) is 0 Å². The maximum absolute atomic E-state index is 12.9. The average Bonchev–Trinajstić information content (AvgIpc) is 2.54. The molecule has 0 aliphatic rings. The molecule has 4 nitrogen and oxygen atoms in total. The molecule has 1 aromatic carbocycles. The molecule has 0 N–H and O–H groups in total. The van der Waals surface area contributed by atoms with Crippen molar-refractivity contribution in [2.24, 2.45) is 0 Å². The Hall–Kier alpha value is -2.13. The Morgan fingerprint density at radius 2 is 1.69 bits per heavy atom. The lowest BCUT2D eigenvalue weighted by Gasteiger charge is -2.25. The van der Waals surface area contributed by atoms with Crippen molar-refractivity contribution in [3.8, 4) is 0 Å². The lowest BCUT2D eigenvalue weighted by Crippen LogP contribution is -2.46. The molecule has 10 heteroatoms. The lowest BCUT2D eigenvalue weighted by atomic mass is 9.96. The van der Waals surface area contributed by atoms with Crippen LogP contribution in [0.2, 0.25) is 0 Å². The molecule has 0 saturated carbocycles. The van der Waals surface area contributed by atoms with E-state index in [4.69, 9.17) is 4.74 Å². The molecule has 26 heavy (non-hydrogen) atoms. The number of ether oxygens (including phenoxy) is 2. The van der Waals surface area contributed by atoms with Crippen molar-refractivity contribution in [3.05, 3.63) is 35.4 Å². The van der Waals surface area contributed by atoms with Gasteiger partial charge in [0.25, 0.3) is 12.0 Å². The van der Waals surface area contributed by atoms with Crippen LogP contribution < -0.4 is 0 Å². The zero-order valence-corrected chi connectivity index (χ0v) is 14.2. The summed E-state index contributed by atoms with van der Waals surface area (Å²) in [6.07, 6.45) is -8.84. The van der Waals surface area contributed by atoms with E-state index in [1.165, 1.54) is 0 Å². The Morgan fingerprint density at radius 1 is 1.12 bits per heavy atom. The standard InChI is InChI=1S/C16H18BF5O4/c1-15(18,19)14(16(20,21)22)26-12(23)3-2-8-25-13(24)11-6-4-10(9-17)5-7-11/h4-7,14H,2-3,8-9,17H2,1H3. The van der Waals surface area contributed by atoms with Gasteiger partial charge in [0, 0.05) is 13.3 Å². The van der Waals surface area contributed by atoms with Gasteiger partial charge >= 0.3 is 18.1 Å². The molecule has 1 atom stereocenters. The van der Waals surface area contributed by atoms with Gasteiger partial charge in [-0.2, -0.15) is 13.2 Å². The summed E-state index contributed by atoms with van der Waals surface area (Å²) in [7, 11) is 1.95. The predicted molar refractivity (Wildman–Crippen MR) is 84.8 cm³/mol. The first-order valence-corrected chi connectivity index (χ1v) is 7.85. The monoisotopic (exact) mass is 380 g/mol. The first kappa shape index (κ1) is 21.9. The van der Waals surface area contributed by atoms with Crippen LogP contribution in [0, 0.1) is 0 Å². The Balaban J connectivity index is 2.42. The summed E-state index contributed by atoms with van der Waals surface area (Å²) in [5, 5.41) is 0. The molecule has 1 unspecified atom stereocenters. The molecule has 0 fully saturated rings. The SMILES string of the molecule is BCc1ccc(C(=O)OCCCC(=O)OC(C(C)(F)F)C(F)(F)F)cc1. The fraction of sp³-hybridized carbons (Fsp3) is 0.500. The van der Waals surface area contributed by atoms with Gasteiger partial charge < -0.3 is 9.47 Å². The van der Waals surface area contributed by atoms with Crippen molar-refractivity contribution in [3.63, 3.8) is 0 Å². The smallest absolute Gasteiger partial charge is 0.431 e. The molecule has 0 spiro atoms. The summed E-state index contributed by atoms with van der Waals surface area (Å²) in [6, 6.07) is 6.62. The van der Waals surface area contributed by atoms with Crippen LogP contribution >= 0.6 is 0 Å². The first-order chi connectivity index (χ1) is 11.9. The molecule has 0 heterocycles. The molecule has 0 radical (unpaired) electrons. The van der Waals surface area contributed by atoms with E-state index >= 15 is 0 Å². The second-order valence-corrected chi connectivity index (χ2v) is 5.66. The van der Waals surface area contributed by atoms with Crippen LogP contribution in [0.15, 0.2) is 24.3 Å². The summed E-state index contributed by atoms with van der Waals surface area (Å²) in [4.78, 5) is 23.1. The Bertz CT molecular complexity index is 597. The van der Waals surface area contributed by atoms with Crippen LogP contribution in [-0.4, -0.2) is 44.6 Å². The number of rotatable bonds is 8. The first-order valence-electron chi connectivity index (χ1n) is 7.85. The molecule has 1 rings (SSSR count). The molecule has 1 aromatic rings. The average molecular weight is 380 g/mol. The van der Waals surface area contributed by atoms with Crippen LogP contribution in [0.4, 0.5) is 22.0 Å². The highest BCUT2D eigenvalue weighted by Gasteiger charge is 2.56. The molecule has 144 valence electrons. The highest BCUT2D eigenvalue weighted by molar-refractivity contribution is 6.08. The number of hydrogen-bond acceptors (Lipinski definition) is 4. The summed E-state index contributed by atoms with van der Waals surface area (Å²) in [5.41, 5.74) is 1.31. The van der Waals surface area contributed by atoms with Crippen molar-refractivity contribution < 1.29 is 41.0 Å². The Morgan fingerprint density at radius 3 is 2.15 bits per heavy atom. The maximum atomic E-state index is 12.9. The highest BCUT2D eigenvalue weighted by Crippen LogP contribution is 2.34. The maximum Gasteiger partial charge on any atom is 0.431 e. The number of benzene rings is 1. The number of alkyl halides is 5. The molecule has 0 saturated heterocycles. The topological polar surface area (TPSA) is 52.6 Å². The Labute approximate surface area is 148 Å². The van der Waals surface area contributed by atoms with E-state index in [0.29, 0.717) is 0 Å². The largest absolute Gasteiger partial charge is 0.462 e. The third-order valence-corrected chi connectivity index (χ3v) is 3.36. The summed E-state index contributed by atoms with van der Waals surface area (Å²) >= 11 is 0. The van der Waals surface area contributed by atoms with E-state index in [-0.39, 0.29) is 25.5 Å². The molecular formula is C16H18BF5O4. The fourth-order valence-electron chi connectivity index (χ4n) is 1.99. The van der Waals surface area contributed by atoms with E-state index in [1.807, 2.05) is 7.85 Å². The number of halogens is 5. The van der Waals surface area contributed by atoms with Crippen molar-refractivity contribution in [1.82, 2.24) is 0 Å². The van der Waals surface area contributed by atoms with Crippen LogP contribution in [0.25, 0.3) is 0 Å². The van der Waals surface area contributed by atoms with E-state index in [0.717, 1.165) is 11.9 Å². The minimum absolute atomic E-state index is 0.0179. The number of esters is 2. The van der Waals surface area contributed by atoms with Gasteiger partial charge in [0.1, 0.15) is 7.85 Å². The molecule has 0 aromatic heterocycles. The molecule has 0 bridgehead atoms. The van der Waals surface area contributed by atoms with E-state index < -0.39 is 36.6 Å². The van der Waals surface area contributed by atoms with Crippen LogP contribution in [-0.2, 0) is 20.6 Å². The third-order valence-electron chi connectivity index (χ3n) is 3.36. The van der Waals surface area contributed by atoms with Gasteiger partial charge in [-0.05, 0) is 18.6 Å². The van der Waals surface area contributed by atoms with Gasteiger partial charge in [0.05, 0.1) is 12.2 Å². The number of carbonyl (C=O) groups excluding carboxylic acids is 2. The second kappa shape index (κ2) is 9.00. The summed E-state index contributed by atoms with van der Waals surface area (Å²) in [5.74, 6) is -6.36. The zero-order valence-electron chi connectivity index (χ0n) is 14.2.